The number of aryl methyl sites for hydroxylation is 3. The number of nitrogens with zero attached hydrogens (tertiary/aromatic N) is 2. The zero-order chi connectivity index (χ0) is 18.7. The van der Waals surface area contributed by atoms with Gasteiger partial charge in [-0.15, -0.1) is 0 Å². The molecule has 132 valence electrons. The average Bonchev–Trinajstić information content (AvgIpc) is 2.60. The largest absolute Gasteiger partial charge is 0.340 e. The van der Waals surface area contributed by atoms with Crippen LogP contribution < -0.4 is 10.6 Å². The van der Waals surface area contributed by atoms with E-state index in [0.717, 1.165) is 16.8 Å². The lowest BCUT2D eigenvalue weighted by atomic mass is 10.1. The van der Waals surface area contributed by atoms with Gasteiger partial charge in [-0.05, 0) is 56.2 Å². The summed E-state index contributed by atoms with van der Waals surface area (Å²) in [5.74, 6) is 0.793. The van der Waals surface area contributed by atoms with E-state index < -0.39 is 0 Å². The number of amides is 1. The standard InChI is InChI=1S/C20H19ClN4O/c1-12-5-4-6-13(2)19(12)25-18-11-17(22-14(3)23-18)20(26)24-16-9-7-15(21)8-10-16/h4-11H,1-3H3,(H,24,26)(H,22,23,25). The van der Waals surface area contributed by atoms with E-state index in [4.69, 9.17) is 11.6 Å². The van der Waals surface area contributed by atoms with Gasteiger partial charge in [-0.3, -0.25) is 4.79 Å². The molecule has 0 saturated heterocycles. The molecule has 0 fully saturated rings. The van der Waals surface area contributed by atoms with Gasteiger partial charge in [-0.1, -0.05) is 29.8 Å². The van der Waals surface area contributed by atoms with Crippen LogP contribution in [-0.4, -0.2) is 15.9 Å². The molecule has 1 aromatic heterocycles. The average molecular weight is 367 g/mol. The number of hydrogen-bond donors (Lipinski definition) is 2. The SMILES string of the molecule is Cc1nc(Nc2c(C)cccc2C)cc(C(=O)Nc2ccc(Cl)cc2)n1. The molecule has 0 unspecified atom stereocenters. The normalized spacial score (nSPS) is 10.5. The Hall–Kier alpha value is -2.92. The third-order valence-electron chi connectivity index (χ3n) is 3.91. The topological polar surface area (TPSA) is 66.9 Å². The lowest BCUT2D eigenvalue weighted by molar-refractivity contribution is 0.102. The van der Waals surface area contributed by atoms with Crippen molar-refractivity contribution in [2.24, 2.45) is 0 Å². The van der Waals surface area contributed by atoms with Gasteiger partial charge in [0.15, 0.2) is 0 Å². The highest BCUT2D eigenvalue weighted by Crippen LogP contribution is 2.24. The molecular formula is C20H19ClN4O. The first-order chi connectivity index (χ1) is 12.4. The van der Waals surface area contributed by atoms with Crippen molar-refractivity contribution >= 4 is 34.7 Å². The molecule has 0 aliphatic carbocycles. The lowest BCUT2D eigenvalue weighted by Crippen LogP contribution is -2.15. The summed E-state index contributed by atoms with van der Waals surface area (Å²) >= 11 is 5.87. The maximum absolute atomic E-state index is 12.5. The van der Waals surface area contributed by atoms with Gasteiger partial charge in [0.25, 0.3) is 5.91 Å². The molecule has 0 bridgehead atoms. The first-order valence-corrected chi connectivity index (χ1v) is 8.56. The number of anilines is 3. The van der Waals surface area contributed by atoms with Crippen LogP contribution in [0.3, 0.4) is 0 Å². The summed E-state index contributed by atoms with van der Waals surface area (Å²) in [6.07, 6.45) is 0. The first kappa shape index (κ1) is 17.9. The fourth-order valence-corrected chi connectivity index (χ4v) is 2.74. The lowest BCUT2D eigenvalue weighted by Gasteiger charge is -2.13. The maximum atomic E-state index is 12.5. The molecule has 0 aliphatic rings. The van der Waals surface area contributed by atoms with Crippen LogP contribution >= 0.6 is 11.6 Å². The van der Waals surface area contributed by atoms with Gasteiger partial charge in [0.05, 0.1) is 0 Å². The van der Waals surface area contributed by atoms with Crippen molar-refractivity contribution in [1.82, 2.24) is 9.97 Å². The van der Waals surface area contributed by atoms with Crippen LogP contribution in [0.15, 0.2) is 48.5 Å². The van der Waals surface area contributed by atoms with E-state index in [1.54, 1.807) is 37.3 Å². The Morgan fingerprint density at radius 1 is 0.962 bits per heavy atom. The predicted molar refractivity (Wildman–Crippen MR) is 105 cm³/mol. The van der Waals surface area contributed by atoms with Crippen molar-refractivity contribution in [2.75, 3.05) is 10.6 Å². The van der Waals surface area contributed by atoms with Crippen molar-refractivity contribution in [3.05, 3.63) is 76.2 Å². The third kappa shape index (κ3) is 4.18. The molecule has 5 nitrogen and oxygen atoms in total. The summed E-state index contributed by atoms with van der Waals surface area (Å²) in [5, 5.41) is 6.72. The Morgan fingerprint density at radius 3 is 2.27 bits per heavy atom. The van der Waals surface area contributed by atoms with Crippen molar-refractivity contribution in [1.29, 1.82) is 0 Å². The van der Waals surface area contributed by atoms with Crippen LogP contribution in [0.25, 0.3) is 0 Å². The van der Waals surface area contributed by atoms with Gasteiger partial charge in [-0.25, -0.2) is 9.97 Å². The molecule has 0 spiro atoms. The van der Waals surface area contributed by atoms with Gasteiger partial charge < -0.3 is 10.6 Å². The Bertz CT molecular complexity index is 934. The summed E-state index contributed by atoms with van der Waals surface area (Å²) in [4.78, 5) is 21.2. The van der Waals surface area contributed by atoms with E-state index in [9.17, 15) is 4.79 Å². The molecule has 0 atom stereocenters. The highest BCUT2D eigenvalue weighted by atomic mass is 35.5. The number of para-hydroxylation sites is 1. The Morgan fingerprint density at radius 2 is 1.62 bits per heavy atom. The molecule has 1 amide bonds. The van der Waals surface area contributed by atoms with Crippen LogP contribution in [-0.2, 0) is 0 Å². The second-order valence-electron chi connectivity index (χ2n) is 6.04. The fraction of sp³-hybridized carbons (Fsp3) is 0.150. The monoisotopic (exact) mass is 366 g/mol. The summed E-state index contributed by atoms with van der Waals surface area (Å²) in [6.45, 7) is 5.81. The van der Waals surface area contributed by atoms with Gasteiger partial charge in [0, 0.05) is 22.5 Å². The Balaban J connectivity index is 1.85. The summed E-state index contributed by atoms with van der Waals surface area (Å²) < 4.78 is 0. The minimum Gasteiger partial charge on any atom is -0.340 e. The molecule has 26 heavy (non-hydrogen) atoms. The Labute approximate surface area is 157 Å². The second-order valence-corrected chi connectivity index (χ2v) is 6.47. The molecular weight excluding hydrogens is 348 g/mol. The number of hydrogen-bond acceptors (Lipinski definition) is 4. The third-order valence-corrected chi connectivity index (χ3v) is 4.16. The van der Waals surface area contributed by atoms with E-state index in [-0.39, 0.29) is 5.91 Å². The number of halogens is 1. The molecule has 0 radical (unpaired) electrons. The highest BCUT2D eigenvalue weighted by molar-refractivity contribution is 6.30. The van der Waals surface area contributed by atoms with E-state index in [2.05, 4.69) is 20.6 Å². The zero-order valence-electron chi connectivity index (χ0n) is 14.8. The zero-order valence-corrected chi connectivity index (χ0v) is 15.6. The van der Waals surface area contributed by atoms with Crippen LogP contribution in [0.4, 0.5) is 17.2 Å². The summed E-state index contributed by atoms with van der Waals surface area (Å²) in [5.41, 5.74) is 4.14. The number of benzene rings is 2. The van der Waals surface area contributed by atoms with E-state index in [1.807, 2.05) is 32.0 Å². The quantitative estimate of drug-likeness (QED) is 0.678. The number of rotatable bonds is 4. The summed E-state index contributed by atoms with van der Waals surface area (Å²) in [6, 6.07) is 14.6. The van der Waals surface area contributed by atoms with Crippen LogP contribution in [0, 0.1) is 20.8 Å². The minimum atomic E-state index is -0.303. The van der Waals surface area contributed by atoms with Crippen LogP contribution in [0.5, 0.6) is 0 Å². The minimum absolute atomic E-state index is 0.293. The van der Waals surface area contributed by atoms with Crippen molar-refractivity contribution in [3.63, 3.8) is 0 Å². The second kappa shape index (κ2) is 7.54. The molecule has 0 aliphatic heterocycles. The predicted octanol–water partition coefficient (Wildman–Crippen LogP) is 5.05. The van der Waals surface area contributed by atoms with E-state index >= 15 is 0 Å². The van der Waals surface area contributed by atoms with Crippen LogP contribution in [0.1, 0.15) is 27.4 Å². The Kier molecular flexibility index (Phi) is 5.19. The smallest absolute Gasteiger partial charge is 0.274 e. The van der Waals surface area contributed by atoms with Crippen LogP contribution in [0.2, 0.25) is 5.02 Å². The number of nitrogens with one attached hydrogen (secondary N) is 2. The van der Waals surface area contributed by atoms with Gasteiger partial charge >= 0.3 is 0 Å². The maximum Gasteiger partial charge on any atom is 0.274 e. The van der Waals surface area contributed by atoms with E-state index in [1.165, 1.54) is 0 Å². The summed E-state index contributed by atoms with van der Waals surface area (Å²) in [7, 11) is 0. The molecule has 6 heteroatoms. The highest BCUT2D eigenvalue weighted by Gasteiger charge is 2.12. The molecule has 3 aromatic rings. The van der Waals surface area contributed by atoms with Gasteiger partial charge in [-0.2, -0.15) is 0 Å². The van der Waals surface area contributed by atoms with Crippen molar-refractivity contribution in [2.45, 2.75) is 20.8 Å². The molecule has 2 aromatic carbocycles. The number of carbonyl (C=O) groups is 1. The fourth-order valence-electron chi connectivity index (χ4n) is 2.62. The number of carbonyl (C=O) groups excluding carboxylic acids is 1. The molecule has 2 N–H and O–H groups in total. The van der Waals surface area contributed by atoms with Gasteiger partial charge in [0.1, 0.15) is 17.3 Å². The first-order valence-electron chi connectivity index (χ1n) is 8.18. The van der Waals surface area contributed by atoms with Crippen molar-refractivity contribution < 1.29 is 4.79 Å². The molecule has 0 saturated carbocycles. The van der Waals surface area contributed by atoms with Crippen molar-refractivity contribution in [3.8, 4) is 0 Å². The van der Waals surface area contributed by atoms with Gasteiger partial charge in [0.2, 0.25) is 0 Å². The molecule has 1 heterocycles. The number of aromatic nitrogens is 2. The molecule has 3 rings (SSSR count). The van der Waals surface area contributed by atoms with E-state index in [0.29, 0.717) is 28.0 Å².